The molecule has 0 atom stereocenters. The maximum absolute atomic E-state index is 10.1. The molecule has 1 amide bonds. The van der Waals surface area contributed by atoms with Gasteiger partial charge >= 0.3 is 6.09 Å². The van der Waals surface area contributed by atoms with Crippen molar-refractivity contribution >= 4 is 6.09 Å². The number of amides is 1. The minimum Gasteiger partial charge on any atom is -0.465 e. The van der Waals surface area contributed by atoms with Crippen LogP contribution < -0.4 is 0 Å². The monoisotopic (exact) mass is 147 g/mol. The van der Waals surface area contributed by atoms with E-state index in [0.29, 0.717) is 0 Å². The Morgan fingerprint density at radius 2 is 1.70 bits per heavy atom. The SMILES string of the molecule is CO.O=C(O)N1CCCC1. The maximum atomic E-state index is 10.1. The lowest BCUT2D eigenvalue weighted by Gasteiger charge is -2.07. The van der Waals surface area contributed by atoms with Crippen LogP contribution in [0.25, 0.3) is 0 Å². The fourth-order valence-electron chi connectivity index (χ4n) is 0.908. The van der Waals surface area contributed by atoms with Crippen LogP contribution in [0.15, 0.2) is 0 Å². The van der Waals surface area contributed by atoms with E-state index in [1.807, 2.05) is 0 Å². The molecule has 0 unspecified atom stereocenters. The van der Waals surface area contributed by atoms with Crippen molar-refractivity contribution in [3.63, 3.8) is 0 Å². The van der Waals surface area contributed by atoms with Gasteiger partial charge in [-0.1, -0.05) is 0 Å². The van der Waals surface area contributed by atoms with Crippen molar-refractivity contribution < 1.29 is 15.0 Å². The zero-order valence-electron chi connectivity index (χ0n) is 6.08. The van der Waals surface area contributed by atoms with Crippen molar-refractivity contribution in [3.05, 3.63) is 0 Å². The molecule has 0 saturated carbocycles. The Balaban J connectivity index is 0.000000371. The highest BCUT2D eigenvalue weighted by Crippen LogP contribution is 2.05. The minimum atomic E-state index is -0.775. The summed E-state index contributed by atoms with van der Waals surface area (Å²) in [5.41, 5.74) is 0. The summed E-state index contributed by atoms with van der Waals surface area (Å²) < 4.78 is 0. The molecule has 0 aromatic heterocycles. The van der Waals surface area contributed by atoms with Crippen LogP contribution >= 0.6 is 0 Å². The van der Waals surface area contributed by atoms with Gasteiger partial charge in [0.15, 0.2) is 0 Å². The molecule has 10 heavy (non-hydrogen) atoms. The standard InChI is InChI=1S/C5H9NO2.CH4O/c7-5(8)6-3-1-2-4-6;1-2/h1-4H2,(H,7,8);2H,1H3. The molecule has 0 aliphatic carbocycles. The summed E-state index contributed by atoms with van der Waals surface area (Å²) >= 11 is 0. The van der Waals surface area contributed by atoms with E-state index in [1.165, 1.54) is 4.90 Å². The van der Waals surface area contributed by atoms with Crippen LogP contribution in [0, 0.1) is 0 Å². The lowest BCUT2D eigenvalue weighted by molar-refractivity contribution is 0.156. The molecule has 0 spiro atoms. The summed E-state index contributed by atoms with van der Waals surface area (Å²) in [5, 5.41) is 15.3. The Bertz CT molecular complexity index is 99.2. The average molecular weight is 147 g/mol. The predicted molar refractivity (Wildman–Crippen MR) is 37.0 cm³/mol. The molecule has 0 radical (unpaired) electrons. The van der Waals surface area contributed by atoms with Crippen LogP contribution in [0.3, 0.4) is 0 Å². The fourth-order valence-corrected chi connectivity index (χ4v) is 0.908. The molecule has 1 fully saturated rings. The van der Waals surface area contributed by atoms with Crippen molar-refractivity contribution in [1.29, 1.82) is 0 Å². The highest BCUT2D eigenvalue weighted by atomic mass is 16.4. The summed E-state index contributed by atoms with van der Waals surface area (Å²) in [6, 6.07) is 0. The van der Waals surface area contributed by atoms with E-state index < -0.39 is 6.09 Å². The molecule has 0 bridgehead atoms. The molecule has 1 aliphatic rings. The first-order valence-electron chi connectivity index (χ1n) is 3.23. The molecule has 0 aromatic carbocycles. The molecule has 2 N–H and O–H groups in total. The Labute approximate surface area is 60.1 Å². The zero-order valence-corrected chi connectivity index (χ0v) is 6.08. The van der Waals surface area contributed by atoms with Crippen molar-refractivity contribution in [2.24, 2.45) is 0 Å². The van der Waals surface area contributed by atoms with Crippen LogP contribution in [-0.4, -0.2) is 41.4 Å². The predicted octanol–water partition coefficient (Wildman–Crippen LogP) is 0.369. The Kier molecular flexibility index (Phi) is 4.66. The summed E-state index contributed by atoms with van der Waals surface area (Å²) in [6.07, 6.45) is 1.29. The topological polar surface area (TPSA) is 60.8 Å². The van der Waals surface area contributed by atoms with E-state index in [4.69, 9.17) is 10.2 Å². The first-order valence-corrected chi connectivity index (χ1v) is 3.23. The zero-order chi connectivity index (χ0) is 7.98. The minimum absolute atomic E-state index is 0.731. The first kappa shape index (κ1) is 9.23. The van der Waals surface area contributed by atoms with E-state index in [2.05, 4.69) is 0 Å². The van der Waals surface area contributed by atoms with Gasteiger partial charge in [-0.05, 0) is 12.8 Å². The van der Waals surface area contributed by atoms with Gasteiger partial charge in [0.05, 0.1) is 0 Å². The smallest absolute Gasteiger partial charge is 0.407 e. The fraction of sp³-hybridized carbons (Fsp3) is 0.833. The van der Waals surface area contributed by atoms with Gasteiger partial charge < -0.3 is 15.1 Å². The Hall–Kier alpha value is -0.770. The summed E-state index contributed by atoms with van der Waals surface area (Å²) in [4.78, 5) is 11.6. The van der Waals surface area contributed by atoms with E-state index in [9.17, 15) is 4.79 Å². The molecule has 4 nitrogen and oxygen atoms in total. The van der Waals surface area contributed by atoms with Crippen LogP contribution in [0.4, 0.5) is 4.79 Å². The van der Waals surface area contributed by atoms with Gasteiger partial charge in [0.1, 0.15) is 0 Å². The number of rotatable bonds is 0. The van der Waals surface area contributed by atoms with E-state index in [1.54, 1.807) is 0 Å². The van der Waals surface area contributed by atoms with Gasteiger partial charge in [-0.3, -0.25) is 0 Å². The highest BCUT2D eigenvalue weighted by Gasteiger charge is 2.15. The average Bonchev–Trinajstić information content (AvgIpc) is 2.42. The van der Waals surface area contributed by atoms with Gasteiger partial charge in [0, 0.05) is 20.2 Å². The number of hydrogen-bond acceptors (Lipinski definition) is 2. The normalized spacial score (nSPS) is 16.0. The number of aliphatic hydroxyl groups excluding tert-OH is 1. The van der Waals surface area contributed by atoms with Crippen molar-refractivity contribution in [2.45, 2.75) is 12.8 Å². The molecule has 1 rings (SSSR count). The largest absolute Gasteiger partial charge is 0.465 e. The van der Waals surface area contributed by atoms with Gasteiger partial charge in [-0.15, -0.1) is 0 Å². The number of aliphatic hydroxyl groups is 1. The second-order valence-electron chi connectivity index (χ2n) is 1.98. The second kappa shape index (κ2) is 5.05. The van der Waals surface area contributed by atoms with Gasteiger partial charge in [-0.25, -0.2) is 4.79 Å². The van der Waals surface area contributed by atoms with Crippen LogP contribution in [0.5, 0.6) is 0 Å². The van der Waals surface area contributed by atoms with Crippen molar-refractivity contribution in [2.75, 3.05) is 20.2 Å². The van der Waals surface area contributed by atoms with Crippen LogP contribution in [0.2, 0.25) is 0 Å². The highest BCUT2D eigenvalue weighted by molar-refractivity contribution is 5.65. The third-order valence-electron chi connectivity index (χ3n) is 1.38. The van der Waals surface area contributed by atoms with Gasteiger partial charge in [-0.2, -0.15) is 0 Å². The lowest BCUT2D eigenvalue weighted by atomic mass is 10.4. The molecular weight excluding hydrogens is 134 g/mol. The van der Waals surface area contributed by atoms with E-state index in [-0.39, 0.29) is 0 Å². The number of likely N-dealkylation sites (tertiary alicyclic amines) is 1. The van der Waals surface area contributed by atoms with E-state index in [0.717, 1.165) is 33.0 Å². The van der Waals surface area contributed by atoms with Crippen molar-refractivity contribution in [3.8, 4) is 0 Å². The number of nitrogens with zero attached hydrogens (tertiary/aromatic N) is 1. The van der Waals surface area contributed by atoms with E-state index >= 15 is 0 Å². The second-order valence-corrected chi connectivity index (χ2v) is 1.98. The maximum Gasteiger partial charge on any atom is 0.407 e. The number of hydrogen-bond donors (Lipinski definition) is 2. The summed E-state index contributed by atoms with van der Waals surface area (Å²) in [7, 11) is 1.00. The number of carbonyl (C=O) groups is 1. The molecule has 1 saturated heterocycles. The molecule has 1 aliphatic heterocycles. The molecule has 60 valence electrons. The molecular formula is C6H13NO3. The third-order valence-corrected chi connectivity index (χ3v) is 1.38. The summed E-state index contributed by atoms with van der Waals surface area (Å²) in [5.74, 6) is 0. The Morgan fingerprint density at radius 3 is 1.90 bits per heavy atom. The first-order chi connectivity index (χ1) is 4.80. The van der Waals surface area contributed by atoms with Gasteiger partial charge in [0.2, 0.25) is 0 Å². The third kappa shape index (κ3) is 2.68. The Morgan fingerprint density at radius 1 is 1.30 bits per heavy atom. The molecule has 4 heteroatoms. The quantitative estimate of drug-likeness (QED) is 0.520. The molecule has 1 heterocycles. The van der Waals surface area contributed by atoms with Crippen molar-refractivity contribution in [1.82, 2.24) is 4.90 Å². The lowest BCUT2D eigenvalue weighted by Crippen LogP contribution is -2.25. The summed E-state index contributed by atoms with van der Waals surface area (Å²) in [6.45, 7) is 1.46. The molecule has 0 aromatic rings. The van der Waals surface area contributed by atoms with Gasteiger partial charge in [0.25, 0.3) is 0 Å². The number of carboxylic acid groups (broad SMARTS) is 1. The van der Waals surface area contributed by atoms with Crippen LogP contribution in [-0.2, 0) is 0 Å². The van der Waals surface area contributed by atoms with Crippen LogP contribution in [0.1, 0.15) is 12.8 Å².